The van der Waals surface area contributed by atoms with Crippen LogP contribution in [0.1, 0.15) is 0 Å². The van der Waals surface area contributed by atoms with Crippen molar-refractivity contribution >= 4 is 23.4 Å². The molecule has 1 aromatic rings. The highest BCUT2D eigenvalue weighted by Crippen LogP contribution is 2.16. The van der Waals surface area contributed by atoms with Crippen LogP contribution in [0.25, 0.3) is 0 Å². The Kier molecular flexibility index (Phi) is 4.00. The number of hydrogen-bond acceptors (Lipinski definition) is 3. The minimum atomic E-state index is -0.543. The number of hydrogen-bond donors (Lipinski definition) is 3. The summed E-state index contributed by atoms with van der Waals surface area (Å²) >= 11 is 5.83. The lowest BCUT2D eigenvalue weighted by molar-refractivity contribution is 0.249. The number of nitrogens with two attached hydrogens (primary N) is 1. The van der Waals surface area contributed by atoms with Gasteiger partial charge in [-0.25, -0.2) is 9.78 Å². The second kappa shape index (κ2) is 5.29. The molecule has 0 aliphatic heterocycles. The molecule has 0 saturated heterocycles. The fourth-order valence-electron chi connectivity index (χ4n) is 0.882. The first kappa shape index (κ1) is 10.6. The lowest BCUT2D eigenvalue weighted by Crippen LogP contribution is -2.33. The minimum absolute atomic E-state index is 0.433. The molecule has 1 aromatic heterocycles. The number of amides is 2. The SMILES string of the molecule is NC(=O)NCCNc1ncccc1Cl. The molecule has 0 aliphatic carbocycles. The summed E-state index contributed by atoms with van der Waals surface area (Å²) in [6.07, 6.45) is 1.63. The number of carbonyl (C=O) groups excluding carboxylic acids is 1. The van der Waals surface area contributed by atoms with Crippen molar-refractivity contribution in [3.63, 3.8) is 0 Å². The average molecular weight is 215 g/mol. The van der Waals surface area contributed by atoms with Crippen molar-refractivity contribution in [3.05, 3.63) is 23.4 Å². The second-order valence-electron chi connectivity index (χ2n) is 2.55. The van der Waals surface area contributed by atoms with E-state index in [4.69, 9.17) is 17.3 Å². The number of carbonyl (C=O) groups is 1. The number of rotatable bonds is 4. The van der Waals surface area contributed by atoms with Gasteiger partial charge in [-0.15, -0.1) is 0 Å². The molecule has 2 amide bonds. The summed E-state index contributed by atoms with van der Waals surface area (Å²) in [5, 5.41) is 5.94. The van der Waals surface area contributed by atoms with E-state index in [1.54, 1.807) is 18.3 Å². The number of aromatic nitrogens is 1. The minimum Gasteiger partial charge on any atom is -0.367 e. The van der Waals surface area contributed by atoms with Gasteiger partial charge < -0.3 is 16.4 Å². The van der Waals surface area contributed by atoms with Gasteiger partial charge in [0.25, 0.3) is 0 Å². The zero-order chi connectivity index (χ0) is 10.4. The summed E-state index contributed by atoms with van der Waals surface area (Å²) in [4.78, 5) is 14.3. The first-order valence-electron chi connectivity index (χ1n) is 4.08. The van der Waals surface area contributed by atoms with E-state index >= 15 is 0 Å². The van der Waals surface area contributed by atoms with Crippen molar-refractivity contribution in [1.82, 2.24) is 10.3 Å². The number of primary amides is 1. The van der Waals surface area contributed by atoms with Crippen LogP contribution in [-0.4, -0.2) is 24.1 Å². The lowest BCUT2D eigenvalue weighted by atomic mass is 10.4. The molecule has 0 bridgehead atoms. The van der Waals surface area contributed by atoms with Crippen LogP contribution < -0.4 is 16.4 Å². The van der Waals surface area contributed by atoms with E-state index in [9.17, 15) is 4.79 Å². The maximum atomic E-state index is 10.3. The first-order chi connectivity index (χ1) is 6.70. The van der Waals surface area contributed by atoms with Crippen LogP contribution >= 0.6 is 11.6 Å². The molecular weight excluding hydrogens is 204 g/mol. The Hall–Kier alpha value is -1.49. The predicted molar refractivity (Wildman–Crippen MR) is 55.3 cm³/mol. The molecule has 1 rings (SSSR count). The molecule has 14 heavy (non-hydrogen) atoms. The maximum absolute atomic E-state index is 10.3. The third kappa shape index (κ3) is 3.49. The van der Waals surface area contributed by atoms with E-state index in [0.29, 0.717) is 23.9 Å². The van der Waals surface area contributed by atoms with Crippen LogP contribution in [0.4, 0.5) is 10.6 Å². The van der Waals surface area contributed by atoms with Crippen molar-refractivity contribution in [3.8, 4) is 0 Å². The van der Waals surface area contributed by atoms with Crippen LogP contribution in [0, 0.1) is 0 Å². The summed E-state index contributed by atoms with van der Waals surface area (Å²) < 4.78 is 0. The van der Waals surface area contributed by atoms with Gasteiger partial charge in [-0.2, -0.15) is 0 Å². The quantitative estimate of drug-likeness (QED) is 0.649. The largest absolute Gasteiger partial charge is 0.367 e. The Morgan fingerprint density at radius 3 is 3.00 bits per heavy atom. The van der Waals surface area contributed by atoms with Crippen molar-refractivity contribution in [2.75, 3.05) is 18.4 Å². The summed E-state index contributed by atoms with van der Waals surface area (Å²) in [5.74, 6) is 0.598. The van der Waals surface area contributed by atoms with E-state index in [-0.39, 0.29) is 0 Å². The Morgan fingerprint density at radius 2 is 2.36 bits per heavy atom. The number of nitrogens with one attached hydrogen (secondary N) is 2. The average Bonchev–Trinajstić information content (AvgIpc) is 2.15. The van der Waals surface area contributed by atoms with Crippen LogP contribution in [0.5, 0.6) is 0 Å². The lowest BCUT2D eigenvalue weighted by Gasteiger charge is -2.06. The van der Waals surface area contributed by atoms with Gasteiger partial charge in [0.05, 0.1) is 5.02 Å². The standard InChI is InChI=1S/C8H11ClN4O/c9-6-2-1-3-11-7(6)12-4-5-13-8(10)14/h1-3H,4-5H2,(H,11,12)(H3,10,13,14). The predicted octanol–water partition coefficient (Wildman–Crippen LogP) is 0.815. The summed E-state index contributed by atoms with van der Waals surface area (Å²) in [6, 6.07) is 2.94. The van der Waals surface area contributed by atoms with Crippen LogP contribution in [0.15, 0.2) is 18.3 Å². The van der Waals surface area contributed by atoms with Gasteiger partial charge in [-0.3, -0.25) is 0 Å². The Labute approximate surface area is 86.7 Å². The molecule has 0 fully saturated rings. The van der Waals surface area contributed by atoms with Gasteiger partial charge in [-0.1, -0.05) is 11.6 Å². The van der Waals surface area contributed by atoms with Gasteiger partial charge in [0.1, 0.15) is 5.82 Å². The number of pyridine rings is 1. The molecule has 4 N–H and O–H groups in total. The first-order valence-corrected chi connectivity index (χ1v) is 4.45. The van der Waals surface area contributed by atoms with E-state index in [2.05, 4.69) is 15.6 Å². The van der Waals surface area contributed by atoms with E-state index in [1.807, 2.05) is 0 Å². The van der Waals surface area contributed by atoms with E-state index in [0.717, 1.165) is 0 Å². The molecular formula is C8H11ClN4O. The smallest absolute Gasteiger partial charge is 0.312 e. The Morgan fingerprint density at radius 1 is 1.57 bits per heavy atom. The van der Waals surface area contributed by atoms with Gasteiger partial charge >= 0.3 is 6.03 Å². The number of urea groups is 1. The Bertz CT molecular complexity index is 318. The summed E-state index contributed by atoms with van der Waals surface area (Å²) in [7, 11) is 0. The van der Waals surface area contributed by atoms with Gasteiger partial charge in [0, 0.05) is 19.3 Å². The third-order valence-electron chi connectivity index (χ3n) is 1.48. The van der Waals surface area contributed by atoms with Crippen molar-refractivity contribution in [2.24, 2.45) is 5.73 Å². The highest BCUT2D eigenvalue weighted by Gasteiger charge is 1.98. The molecule has 0 spiro atoms. The van der Waals surface area contributed by atoms with Gasteiger partial charge in [0.2, 0.25) is 0 Å². The van der Waals surface area contributed by atoms with Crippen LogP contribution in [0.2, 0.25) is 5.02 Å². The van der Waals surface area contributed by atoms with Crippen LogP contribution in [0.3, 0.4) is 0 Å². The topological polar surface area (TPSA) is 80.0 Å². The molecule has 76 valence electrons. The molecule has 6 heteroatoms. The van der Waals surface area contributed by atoms with E-state index in [1.165, 1.54) is 0 Å². The zero-order valence-corrected chi connectivity index (χ0v) is 8.21. The maximum Gasteiger partial charge on any atom is 0.312 e. The van der Waals surface area contributed by atoms with Crippen molar-refractivity contribution in [1.29, 1.82) is 0 Å². The fraction of sp³-hybridized carbons (Fsp3) is 0.250. The highest BCUT2D eigenvalue weighted by atomic mass is 35.5. The van der Waals surface area contributed by atoms with E-state index < -0.39 is 6.03 Å². The zero-order valence-electron chi connectivity index (χ0n) is 7.46. The summed E-state index contributed by atoms with van der Waals surface area (Å²) in [5.41, 5.74) is 4.88. The fourth-order valence-corrected chi connectivity index (χ4v) is 1.07. The summed E-state index contributed by atoms with van der Waals surface area (Å²) in [6.45, 7) is 0.960. The molecule has 0 aliphatic rings. The van der Waals surface area contributed by atoms with Crippen LogP contribution in [-0.2, 0) is 0 Å². The molecule has 0 unspecified atom stereocenters. The highest BCUT2D eigenvalue weighted by molar-refractivity contribution is 6.32. The van der Waals surface area contributed by atoms with Crippen molar-refractivity contribution in [2.45, 2.75) is 0 Å². The molecule has 0 aromatic carbocycles. The van der Waals surface area contributed by atoms with Gasteiger partial charge in [0.15, 0.2) is 0 Å². The number of anilines is 1. The Balaban J connectivity index is 2.31. The molecule has 5 nitrogen and oxygen atoms in total. The van der Waals surface area contributed by atoms with Crippen molar-refractivity contribution < 1.29 is 4.79 Å². The molecule has 0 atom stereocenters. The number of halogens is 1. The monoisotopic (exact) mass is 214 g/mol. The normalized spacial score (nSPS) is 9.50. The third-order valence-corrected chi connectivity index (χ3v) is 1.78. The molecule has 1 heterocycles. The second-order valence-corrected chi connectivity index (χ2v) is 2.96. The molecule has 0 saturated carbocycles. The number of nitrogens with zero attached hydrogens (tertiary/aromatic N) is 1. The van der Waals surface area contributed by atoms with Gasteiger partial charge in [-0.05, 0) is 12.1 Å². The molecule has 0 radical (unpaired) electrons.